The van der Waals surface area contributed by atoms with Crippen molar-refractivity contribution in [3.05, 3.63) is 77.7 Å². The average Bonchev–Trinajstić information content (AvgIpc) is 3.49. The minimum absolute atomic E-state index is 0.114. The van der Waals surface area contributed by atoms with Crippen LogP contribution in [0.4, 0.5) is 21.9 Å². The van der Waals surface area contributed by atoms with Gasteiger partial charge in [0.2, 0.25) is 0 Å². The summed E-state index contributed by atoms with van der Waals surface area (Å²) in [6.07, 6.45) is 1.44. The number of carbonyl (C=O) groups excluding carboxylic acids is 3. The van der Waals surface area contributed by atoms with Crippen LogP contribution in [-0.4, -0.2) is 80.1 Å². The fourth-order valence-corrected chi connectivity index (χ4v) is 4.67. The van der Waals surface area contributed by atoms with Gasteiger partial charge in [0.25, 0.3) is 11.8 Å². The summed E-state index contributed by atoms with van der Waals surface area (Å²) in [4.78, 5) is 44.6. The van der Waals surface area contributed by atoms with Crippen LogP contribution >= 0.6 is 0 Å². The van der Waals surface area contributed by atoms with Gasteiger partial charge >= 0.3 is 6.03 Å². The maximum absolute atomic E-state index is 13.6. The quantitative estimate of drug-likeness (QED) is 0.535. The average molecular weight is 518 g/mol. The molecule has 0 bridgehead atoms. The summed E-state index contributed by atoms with van der Waals surface area (Å²) < 4.78 is 10.6. The third-order valence-electron chi connectivity index (χ3n) is 6.71. The van der Waals surface area contributed by atoms with E-state index in [0.717, 1.165) is 16.9 Å². The van der Waals surface area contributed by atoms with Crippen molar-refractivity contribution in [2.24, 2.45) is 0 Å². The predicted octanol–water partition coefficient (Wildman–Crippen LogP) is 3.67. The number of nitrogens with zero attached hydrogens (tertiary/aromatic N) is 3. The molecule has 0 radical (unpaired) electrons. The number of ether oxygens (including phenoxy) is 1. The van der Waals surface area contributed by atoms with E-state index in [1.54, 1.807) is 34.1 Å². The molecule has 10 nitrogen and oxygen atoms in total. The van der Waals surface area contributed by atoms with Gasteiger partial charge in [0.1, 0.15) is 0 Å². The van der Waals surface area contributed by atoms with Gasteiger partial charge in [-0.3, -0.25) is 9.59 Å². The Morgan fingerprint density at radius 3 is 2.26 bits per heavy atom. The van der Waals surface area contributed by atoms with E-state index in [4.69, 9.17) is 9.15 Å². The molecule has 38 heavy (non-hydrogen) atoms. The molecule has 3 heterocycles. The molecule has 0 unspecified atom stereocenters. The number of piperazine rings is 1. The van der Waals surface area contributed by atoms with Gasteiger partial charge < -0.3 is 34.5 Å². The summed E-state index contributed by atoms with van der Waals surface area (Å²) in [5, 5.41) is 5.78. The Labute approximate surface area is 221 Å². The van der Waals surface area contributed by atoms with E-state index in [-0.39, 0.29) is 23.6 Å². The summed E-state index contributed by atoms with van der Waals surface area (Å²) in [6, 6.07) is 16.1. The van der Waals surface area contributed by atoms with E-state index in [2.05, 4.69) is 15.5 Å². The molecular weight excluding hydrogens is 486 g/mol. The predicted molar refractivity (Wildman–Crippen MR) is 144 cm³/mol. The zero-order valence-corrected chi connectivity index (χ0v) is 21.3. The first-order valence-corrected chi connectivity index (χ1v) is 12.7. The van der Waals surface area contributed by atoms with Gasteiger partial charge in [-0.2, -0.15) is 0 Å². The zero-order valence-electron chi connectivity index (χ0n) is 21.3. The lowest BCUT2D eigenvalue weighted by Gasteiger charge is -2.37. The van der Waals surface area contributed by atoms with Gasteiger partial charge in [-0.1, -0.05) is 12.1 Å². The molecule has 2 aromatic carbocycles. The number of amides is 4. The van der Waals surface area contributed by atoms with Gasteiger partial charge in [-0.15, -0.1) is 0 Å². The van der Waals surface area contributed by atoms with Crippen molar-refractivity contribution in [2.75, 3.05) is 68.0 Å². The molecule has 0 spiro atoms. The Morgan fingerprint density at radius 2 is 1.55 bits per heavy atom. The summed E-state index contributed by atoms with van der Waals surface area (Å²) in [6.45, 7) is 6.15. The fraction of sp³-hybridized carbons (Fsp3) is 0.321. The standard InChI is InChI=1S/C28H31N5O5/c1-20-4-2-5-21(18-20)30-28(36)33-11-9-31(10-12-33)24-8-7-22(29-26(34)25-6-3-15-38-25)19-23(24)27(35)32-13-16-37-17-14-32/h2-8,15,18-19H,9-14,16-17H2,1H3,(H,29,34)(H,30,36). The Hall–Kier alpha value is -4.31. The maximum atomic E-state index is 13.6. The first-order chi connectivity index (χ1) is 18.5. The van der Waals surface area contributed by atoms with Crippen LogP contribution < -0.4 is 15.5 Å². The van der Waals surface area contributed by atoms with Crippen LogP contribution in [-0.2, 0) is 4.74 Å². The number of morpholine rings is 1. The van der Waals surface area contributed by atoms with Crippen LogP contribution in [0.15, 0.2) is 65.3 Å². The molecule has 2 N–H and O–H groups in total. The molecule has 0 saturated carbocycles. The van der Waals surface area contributed by atoms with Crippen molar-refractivity contribution in [2.45, 2.75) is 6.92 Å². The van der Waals surface area contributed by atoms with E-state index < -0.39 is 0 Å². The third kappa shape index (κ3) is 5.81. The minimum atomic E-state index is -0.388. The maximum Gasteiger partial charge on any atom is 0.321 e. The number of hydrogen-bond donors (Lipinski definition) is 2. The van der Waals surface area contributed by atoms with E-state index in [1.165, 1.54) is 6.26 Å². The number of rotatable bonds is 5. The van der Waals surface area contributed by atoms with Crippen molar-refractivity contribution >= 4 is 34.9 Å². The van der Waals surface area contributed by atoms with E-state index >= 15 is 0 Å². The van der Waals surface area contributed by atoms with Crippen LogP contribution in [0.2, 0.25) is 0 Å². The number of aryl methyl sites for hydroxylation is 1. The smallest absolute Gasteiger partial charge is 0.321 e. The summed E-state index contributed by atoms with van der Waals surface area (Å²) in [5.74, 6) is -0.312. The number of furan rings is 1. The van der Waals surface area contributed by atoms with Crippen LogP contribution in [0, 0.1) is 6.92 Å². The number of nitrogens with one attached hydrogen (secondary N) is 2. The summed E-state index contributed by atoms with van der Waals surface area (Å²) in [7, 11) is 0. The molecule has 4 amide bonds. The Bertz CT molecular complexity index is 1290. The van der Waals surface area contributed by atoms with Gasteiger partial charge in [0.15, 0.2) is 5.76 Å². The Balaban J connectivity index is 1.31. The molecule has 10 heteroatoms. The zero-order chi connectivity index (χ0) is 26.5. The second kappa shape index (κ2) is 11.4. The number of carbonyl (C=O) groups is 3. The molecule has 5 rings (SSSR count). The van der Waals surface area contributed by atoms with Crippen molar-refractivity contribution < 1.29 is 23.5 Å². The molecule has 3 aromatic rings. The largest absolute Gasteiger partial charge is 0.459 e. The highest BCUT2D eigenvalue weighted by Gasteiger charge is 2.27. The van der Waals surface area contributed by atoms with Gasteiger partial charge in [-0.05, 0) is 55.0 Å². The molecule has 2 aliphatic heterocycles. The molecule has 0 atom stereocenters. The highest BCUT2D eigenvalue weighted by Crippen LogP contribution is 2.28. The fourth-order valence-electron chi connectivity index (χ4n) is 4.67. The van der Waals surface area contributed by atoms with Crippen LogP contribution in [0.3, 0.4) is 0 Å². The number of urea groups is 1. The lowest BCUT2D eigenvalue weighted by atomic mass is 10.1. The first-order valence-electron chi connectivity index (χ1n) is 12.7. The number of anilines is 3. The van der Waals surface area contributed by atoms with Crippen LogP contribution in [0.5, 0.6) is 0 Å². The van der Waals surface area contributed by atoms with Gasteiger partial charge in [-0.25, -0.2) is 4.79 Å². The summed E-state index contributed by atoms with van der Waals surface area (Å²) in [5.41, 5.74) is 3.62. The molecule has 198 valence electrons. The lowest BCUT2D eigenvalue weighted by molar-refractivity contribution is 0.0303. The van der Waals surface area contributed by atoms with E-state index in [1.807, 2.05) is 37.3 Å². The highest BCUT2D eigenvalue weighted by molar-refractivity contribution is 6.05. The van der Waals surface area contributed by atoms with Crippen molar-refractivity contribution in [1.29, 1.82) is 0 Å². The summed E-state index contributed by atoms with van der Waals surface area (Å²) >= 11 is 0. The SMILES string of the molecule is Cc1cccc(NC(=O)N2CCN(c3ccc(NC(=O)c4ccco4)cc3C(=O)N3CCOCC3)CC2)c1. The van der Waals surface area contributed by atoms with Crippen LogP contribution in [0.25, 0.3) is 0 Å². The monoisotopic (exact) mass is 517 g/mol. The Kier molecular flexibility index (Phi) is 7.60. The minimum Gasteiger partial charge on any atom is -0.459 e. The van der Waals surface area contributed by atoms with E-state index in [9.17, 15) is 14.4 Å². The molecule has 2 saturated heterocycles. The second-order valence-corrected chi connectivity index (χ2v) is 9.34. The second-order valence-electron chi connectivity index (χ2n) is 9.34. The molecule has 2 fully saturated rings. The van der Waals surface area contributed by atoms with Crippen molar-refractivity contribution in [1.82, 2.24) is 9.80 Å². The Morgan fingerprint density at radius 1 is 0.789 bits per heavy atom. The molecule has 0 aliphatic carbocycles. The molecule has 1 aromatic heterocycles. The normalized spacial score (nSPS) is 15.8. The van der Waals surface area contributed by atoms with Crippen molar-refractivity contribution in [3.63, 3.8) is 0 Å². The molecule has 2 aliphatic rings. The highest BCUT2D eigenvalue weighted by atomic mass is 16.5. The molecular formula is C28H31N5O5. The number of benzene rings is 2. The van der Waals surface area contributed by atoms with E-state index in [0.29, 0.717) is 63.7 Å². The van der Waals surface area contributed by atoms with Crippen molar-refractivity contribution in [3.8, 4) is 0 Å². The van der Waals surface area contributed by atoms with Gasteiger partial charge in [0, 0.05) is 56.3 Å². The first kappa shape index (κ1) is 25.3. The third-order valence-corrected chi connectivity index (χ3v) is 6.71. The lowest BCUT2D eigenvalue weighted by Crippen LogP contribution is -2.50. The van der Waals surface area contributed by atoms with Crippen LogP contribution in [0.1, 0.15) is 26.5 Å². The topological polar surface area (TPSA) is 107 Å². The van der Waals surface area contributed by atoms with Gasteiger partial charge in [0.05, 0.1) is 25.0 Å². The number of hydrogen-bond acceptors (Lipinski definition) is 6.